The molecule has 0 N–H and O–H groups in total. The molecule has 1 aliphatic carbocycles. The summed E-state index contributed by atoms with van der Waals surface area (Å²) in [5, 5.41) is 0. The predicted molar refractivity (Wildman–Crippen MR) is 64.3 cm³/mol. The zero-order chi connectivity index (χ0) is 11.2. The summed E-state index contributed by atoms with van der Waals surface area (Å²) in [6.07, 6.45) is 9.18. The molecule has 2 heteroatoms. The molecule has 1 aromatic rings. The topological polar surface area (TPSA) is 30.0 Å². The molecule has 0 saturated heterocycles. The van der Waals surface area contributed by atoms with Crippen molar-refractivity contribution in [3.63, 3.8) is 0 Å². The number of hydrogen-bond acceptors (Lipinski definition) is 2. The third kappa shape index (κ3) is 3.16. The number of ketones is 1. The van der Waals surface area contributed by atoms with E-state index in [0.717, 1.165) is 25.0 Å². The van der Waals surface area contributed by atoms with E-state index in [4.69, 9.17) is 0 Å². The lowest BCUT2D eigenvalue weighted by molar-refractivity contribution is -0.119. The van der Waals surface area contributed by atoms with Crippen molar-refractivity contribution in [1.82, 2.24) is 4.98 Å². The second kappa shape index (κ2) is 5.78. The maximum atomic E-state index is 11.7. The van der Waals surface area contributed by atoms with Gasteiger partial charge in [-0.25, -0.2) is 0 Å². The standard InChI is InChI=1S/C14H19NO/c16-13-8-4-2-1-3-7-12(11-13)14-9-5-6-10-15-14/h5-6,9-10,12H,1-4,7-8,11H2. The highest BCUT2D eigenvalue weighted by Gasteiger charge is 2.18. The molecule has 1 aromatic heterocycles. The molecule has 0 aliphatic heterocycles. The fraction of sp³-hybridized carbons (Fsp3) is 0.571. The Morgan fingerprint density at radius 2 is 2.00 bits per heavy atom. The van der Waals surface area contributed by atoms with Crippen molar-refractivity contribution >= 4 is 5.78 Å². The van der Waals surface area contributed by atoms with E-state index in [2.05, 4.69) is 11.1 Å². The fourth-order valence-corrected chi connectivity index (χ4v) is 2.42. The van der Waals surface area contributed by atoms with Crippen molar-refractivity contribution in [2.45, 2.75) is 50.9 Å². The molecular formula is C14H19NO. The van der Waals surface area contributed by atoms with E-state index in [1.165, 1.54) is 19.3 Å². The van der Waals surface area contributed by atoms with Crippen LogP contribution in [0.2, 0.25) is 0 Å². The van der Waals surface area contributed by atoms with Gasteiger partial charge in [0.1, 0.15) is 5.78 Å². The van der Waals surface area contributed by atoms with Crippen molar-refractivity contribution in [3.05, 3.63) is 30.1 Å². The molecule has 86 valence electrons. The number of carbonyl (C=O) groups is 1. The largest absolute Gasteiger partial charge is 0.300 e. The minimum Gasteiger partial charge on any atom is -0.300 e. The molecule has 2 rings (SSSR count). The Morgan fingerprint density at radius 3 is 2.81 bits per heavy atom. The van der Waals surface area contributed by atoms with Gasteiger partial charge in [0.25, 0.3) is 0 Å². The van der Waals surface area contributed by atoms with Crippen LogP contribution >= 0.6 is 0 Å². The first kappa shape index (κ1) is 11.3. The minimum atomic E-state index is 0.354. The van der Waals surface area contributed by atoms with Gasteiger partial charge in [-0.05, 0) is 25.0 Å². The summed E-state index contributed by atoms with van der Waals surface area (Å²) in [5.41, 5.74) is 1.10. The first-order valence-corrected chi connectivity index (χ1v) is 6.29. The van der Waals surface area contributed by atoms with Gasteiger partial charge in [-0.1, -0.05) is 25.3 Å². The van der Waals surface area contributed by atoms with Gasteiger partial charge < -0.3 is 0 Å². The molecule has 16 heavy (non-hydrogen) atoms. The smallest absolute Gasteiger partial charge is 0.133 e. The molecule has 1 saturated carbocycles. The summed E-state index contributed by atoms with van der Waals surface area (Å²) >= 11 is 0. The maximum Gasteiger partial charge on any atom is 0.133 e. The van der Waals surface area contributed by atoms with Crippen molar-refractivity contribution in [2.24, 2.45) is 0 Å². The Bertz CT molecular complexity index is 334. The number of hydrogen-bond donors (Lipinski definition) is 0. The van der Waals surface area contributed by atoms with Crippen LogP contribution in [0.1, 0.15) is 56.6 Å². The number of rotatable bonds is 1. The first-order chi connectivity index (χ1) is 7.86. The van der Waals surface area contributed by atoms with Gasteiger partial charge in [-0.15, -0.1) is 0 Å². The number of nitrogens with zero attached hydrogens (tertiary/aromatic N) is 1. The Hall–Kier alpha value is -1.18. The molecular weight excluding hydrogens is 198 g/mol. The average molecular weight is 217 g/mol. The Balaban J connectivity index is 2.08. The number of carbonyl (C=O) groups excluding carboxylic acids is 1. The summed E-state index contributed by atoms with van der Waals surface area (Å²) < 4.78 is 0. The van der Waals surface area contributed by atoms with Crippen LogP contribution in [-0.4, -0.2) is 10.8 Å². The van der Waals surface area contributed by atoms with Crippen molar-refractivity contribution in [2.75, 3.05) is 0 Å². The zero-order valence-corrected chi connectivity index (χ0v) is 9.69. The number of Topliss-reactive ketones (excluding diaryl/α,β-unsaturated/α-hetero) is 1. The zero-order valence-electron chi connectivity index (χ0n) is 9.69. The second-order valence-electron chi connectivity index (χ2n) is 4.65. The average Bonchev–Trinajstić information content (AvgIpc) is 2.42. The van der Waals surface area contributed by atoms with Crippen LogP contribution in [-0.2, 0) is 4.79 Å². The van der Waals surface area contributed by atoms with Crippen LogP contribution in [0.4, 0.5) is 0 Å². The molecule has 1 heterocycles. The number of aromatic nitrogens is 1. The highest BCUT2D eigenvalue weighted by molar-refractivity contribution is 5.79. The lowest BCUT2D eigenvalue weighted by Crippen LogP contribution is -2.07. The van der Waals surface area contributed by atoms with E-state index in [9.17, 15) is 4.79 Å². The third-order valence-corrected chi connectivity index (χ3v) is 3.34. The summed E-state index contributed by atoms with van der Waals surface area (Å²) in [6.45, 7) is 0. The van der Waals surface area contributed by atoms with Gasteiger partial charge in [0, 0.05) is 30.7 Å². The molecule has 0 bridgehead atoms. The van der Waals surface area contributed by atoms with Gasteiger partial charge >= 0.3 is 0 Å². The van der Waals surface area contributed by atoms with Crippen LogP contribution in [0.3, 0.4) is 0 Å². The van der Waals surface area contributed by atoms with Crippen molar-refractivity contribution < 1.29 is 4.79 Å². The fourth-order valence-electron chi connectivity index (χ4n) is 2.42. The van der Waals surface area contributed by atoms with E-state index >= 15 is 0 Å². The summed E-state index contributed by atoms with van der Waals surface area (Å²) in [6, 6.07) is 6.00. The minimum absolute atomic E-state index is 0.354. The van der Waals surface area contributed by atoms with Crippen LogP contribution in [0.5, 0.6) is 0 Å². The monoisotopic (exact) mass is 217 g/mol. The van der Waals surface area contributed by atoms with Crippen molar-refractivity contribution in [1.29, 1.82) is 0 Å². The second-order valence-corrected chi connectivity index (χ2v) is 4.65. The highest BCUT2D eigenvalue weighted by atomic mass is 16.1. The van der Waals surface area contributed by atoms with E-state index in [0.29, 0.717) is 18.1 Å². The van der Waals surface area contributed by atoms with Crippen molar-refractivity contribution in [3.8, 4) is 0 Å². The molecule has 2 nitrogen and oxygen atoms in total. The molecule has 1 fully saturated rings. The lowest BCUT2D eigenvalue weighted by Gasteiger charge is -2.14. The molecule has 1 atom stereocenters. The van der Waals surface area contributed by atoms with Gasteiger partial charge in [0.15, 0.2) is 0 Å². The maximum absolute atomic E-state index is 11.7. The van der Waals surface area contributed by atoms with Crippen LogP contribution in [0, 0.1) is 0 Å². The lowest BCUT2D eigenvalue weighted by atomic mass is 9.93. The molecule has 0 spiro atoms. The van der Waals surface area contributed by atoms with Crippen LogP contribution < -0.4 is 0 Å². The highest BCUT2D eigenvalue weighted by Crippen LogP contribution is 2.27. The molecule has 0 radical (unpaired) electrons. The molecule has 1 aliphatic rings. The Morgan fingerprint density at radius 1 is 1.12 bits per heavy atom. The van der Waals surface area contributed by atoms with Crippen LogP contribution in [0.25, 0.3) is 0 Å². The summed E-state index contributed by atoms with van der Waals surface area (Å²) in [5.74, 6) is 0.768. The molecule has 1 unspecified atom stereocenters. The van der Waals surface area contributed by atoms with Gasteiger partial charge in [-0.3, -0.25) is 9.78 Å². The first-order valence-electron chi connectivity index (χ1n) is 6.29. The van der Waals surface area contributed by atoms with E-state index in [1.54, 1.807) is 0 Å². The Labute approximate surface area is 97.1 Å². The quantitative estimate of drug-likeness (QED) is 0.721. The summed E-state index contributed by atoms with van der Waals surface area (Å²) in [4.78, 5) is 16.1. The van der Waals surface area contributed by atoms with Gasteiger partial charge in [0.2, 0.25) is 0 Å². The predicted octanol–water partition coefficient (Wildman–Crippen LogP) is 3.48. The Kier molecular flexibility index (Phi) is 4.09. The molecule has 0 amide bonds. The SMILES string of the molecule is O=C1CCCCCCC(c2ccccn2)C1. The van der Waals surface area contributed by atoms with E-state index < -0.39 is 0 Å². The third-order valence-electron chi connectivity index (χ3n) is 3.34. The number of pyridine rings is 1. The van der Waals surface area contributed by atoms with Gasteiger partial charge in [-0.2, -0.15) is 0 Å². The van der Waals surface area contributed by atoms with E-state index in [-0.39, 0.29) is 0 Å². The van der Waals surface area contributed by atoms with E-state index in [1.807, 2.05) is 18.3 Å². The van der Waals surface area contributed by atoms with Gasteiger partial charge in [0.05, 0.1) is 0 Å². The normalized spacial score (nSPS) is 23.2. The molecule has 0 aromatic carbocycles. The van der Waals surface area contributed by atoms with Crippen LogP contribution in [0.15, 0.2) is 24.4 Å². The summed E-state index contributed by atoms with van der Waals surface area (Å²) in [7, 11) is 0.